The molecule has 7 rings (SSSR count). The first kappa shape index (κ1) is 29.7. The van der Waals surface area contributed by atoms with Crippen LogP contribution < -0.4 is 10.6 Å². The van der Waals surface area contributed by atoms with Crippen molar-refractivity contribution >= 4 is 51.7 Å². The fourth-order valence-corrected chi connectivity index (χ4v) is 8.05. The number of esters is 1. The molecule has 4 heterocycles. The van der Waals surface area contributed by atoms with E-state index in [1.807, 2.05) is 54.6 Å². The Morgan fingerprint density at radius 3 is 2.15 bits per heavy atom. The maximum absolute atomic E-state index is 13.6. The summed E-state index contributed by atoms with van der Waals surface area (Å²) in [5.41, 5.74) is 2.68. The number of amides is 2. The summed E-state index contributed by atoms with van der Waals surface area (Å²) >= 11 is 2.62. The van der Waals surface area contributed by atoms with E-state index >= 15 is 0 Å². The van der Waals surface area contributed by atoms with Gasteiger partial charge in [0.2, 0.25) is 6.29 Å². The van der Waals surface area contributed by atoms with Gasteiger partial charge in [-0.25, -0.2) is 9.78 Å². The minimum atomic E-state index is -1.37. The van der Waals surface area contributed by atoms with E-state index < -0.39 is 41.0 Å². The van der Waals surface area contributed by atoms with Gasteiger partial charge in [-0.3, -0.25) is 14.5 Å². The number of carbonyl (C=O) groups is 3. The monoisotopic (exact) mass is 653 g/mol. The number of thiazole rings is 1. The number of benzene rings is 3. The van der Waals surface area contributed by atoms with Gasteiger partial charge in [0.1, 0.15) is 35.5 Å². The molecule has 2 amide bonds. The largest absolute Gasteiger partial charge is 0.427 e. The van der Waals surface area contributed by atoms with E-state index in [9.17, 15) is 19.5 Å². The third kappa shape index (κ3) is 4.92. The number of hydrogen-bond donors (Lipinski definition) is 3. The average molecular weight is 654 g/mol. The van der Waals surface area contributed by atoms with Crippen molar-refractivity contribution < 1.29 is 29.1 Å². The van der Waals surface area contributed by atoms with Crippen LogP contribution in [0.1, 0.15) is 22.4 Å². The summed E-state index contributed by atoms with van der Waals surface area (Å²) < 4.78 is 4.87. The average Bonchev–Trinajstić information content (AvgIpc) is 3.67. The van der Waals surface area contributed by atoms with E-state index in [0.29, 0.717) is 10.7 Å². The van der Waals surface area contributed by atoms with Crippen molar-refractivity contribution in [3.8, 4) is 0 Å². The number of rotatable bonds is 9. The molecule has 3 atom stereocenters. The molecular weight excluding hydrogens is 627 g/mol. The normalized spacial score (nSPS) is 20.8. The number of ether oxygens (including phenoxy) is 1. The van der Waals surface area contributed by atoms with Crippen LogP contribution in [-0.4, -0.2) is 69.1 Å². The molecule has 0 aliphatic carbocycles. The molecule has 1 saturated heterocycles. The first-order valence-electron chi connectivity index (χ1n) is 14.3. The third-order valence-electron chi connectivity index (χ3n) is 8.05. The van der Waals surface area contributed by atoms with Gasteiger partial charge in [0.05, 0.1) is 0 Å². The molecule has 4 aromatic rings. The van der Waals surface area contributed by atoms with Gasteiger partial charge in [-0.2, -0.15) is 0 Å². The molecule has 3 aromatic carbocycles. The lowest BCUT2D eigenvalue weighted by Crippen LogP contribution is -2.70. The lowest BCUT2D eigenvalue weighted by atomic mass is 9.77. The Morgan fingerprint density at radius 2 is 1.59 bits per heavy atom. The number of aliphatic hydroxyl groups is 1. The van der Waals surface area contributed by atoms with Crippen LogP contribution in [0.3, 0.4) is 0 Å². The smallest absolute Gasteiger partial charge is 0.357 e. The number of fused-ring (bicyclic) bond motifs is 2. The fourth-order valence-electron chi connectivity index (χ4n) is 5.94. The van der Waals surface area contributed by atoms with Crippen LogP contribution in [0.5, 0.6) is 0 Å². The number of nitrogens with one attached hydrogen (secondary N) is 2. The molecule has 1 aromatic heterocycles. The minimum Gasteiger partial charge on any atom is -0.427 e. The molecule has 0 radical (unpaired) electrons. The fraction of sp³-hybridized carbons (Fsp3) is 0.182. The Kier molecular flexibility index (Phi) is 7.80. The number of anilines is 1. The number of aromatic nitrogens is 1. The maximum Gasteiger partial charge on any atom is 0.357 e. The highest BCUT2D eigenvalue weighted by Gasteiger charge is 2.57. The van der Waals surface area contributed by atoms with Gasteiger partial charge in [-0.15, -0.1) is 23.1 Å². The van der Waals surface area contributed by atoms with E-state index in [2.05, 4.69) is 52.2 Å². The lowest BCUT2D eigenvalue weighted by Gasteiger charge is -2.48. The van der Waals surface area contributed by atoms with E-state index in [0.717, 1.165) is 16.7 Å². The summed E-state index contributed by atoms with van der Waals surface area (Å²) in [7, 11) is 1.32. The highest BCUT2D eigenvalue weighted by molar-refractivity contribution is 8.00. The molecule has 232 valence electrons. The quantitative estimate of drug-likeness (QED) is 0.0815. The van der Waals surface area contributed by atoms with Crippen molar-refractivity contribution in [3.05, 3.63) is 130 Å². The second-order valence-electron chi connectivity index (χ2n) is 10.6. The van der Waals surface area contributed by atoms with Crippen LogP contribution in [0.15, 0.2) is 113 Å². The van der Waals surface area contributed by atoms with Gasteiger partial charge in [0.25, 0.3) is 11.8 Å². The van der Waals surface area contributed by atoms with Crippen molar-refractivity contribution in [2.24, 2.45) is 5.16 Å². The Labute approximate surface area is 271 Å². The number of hydrogen-bond acceptors (Lipinski definition) is 11. The zero-order chi connectivity index (χ0) is 31.8. The van der Waals surface area contributed by atoms with Crippen molar-refractivity contribution in [3.63, 3.8) is 0 Å². The number of oxime groups is 1. The topological polar surface area (TPSA) is 142 Å². The number of cyclic esters (lactones) is 1. The van der Waals surface area contributed by atoms with Gasteiger partial charge < -0.3 is 25.3 Å². The summed E-state index contributed by atoms with van der Waals surface area (Å²) in [5, 5.41) is 22.1. The van der Waals surface area contributed by atoms with E-state index in [1.54, 1.807) is 5.38 Å². The Bertz CT molecular complexity index is 1770. The van der Waals surface area contributed by atoms with Crippen molar-refractivity contribution in [1.29, 1.82) is 0 Å². The lowest BCUT2D eigenvalue weighted by molar-refractivity contribution is -0.157. The summed E-state index contributed by atoms with van der Waals surface area (Å²) in [5.74, 6) is -1.62. The molecular formula is C33H27N5O6S2. The maximum atomic E-state index is 13.6. The van der Waals surface area contributed by atoms with E-state index in [4.69, 9.17) is 14.6 Å². The van der Waals surface area contributed by atoms with Crippen molar-refractivity contribution in [2.75, 3.05) is 18.2 Å². The van der Waals surface area contributed by atoms with E-state index in [1.165, 1.54) is 35.1 Å². The molecule has 13 heteroatoms. The Balaban J connectivity index is 1.18. The first-order valence-corrected chi connectivity index (χ1v) is 16.2. The summed E-state index contributed by atoms with van der Waals surface area (Å²) in [4.78, 5) is 50.0. The predicted molar refractivity (Wildman–Crippen MR) is 173 cm³/mol. The molecule has 1 fully saturated rings. The highest BCUT2D eigenvalue weighted by Crippen LogP contribution is 2.44. The van der Waals surface area contributed by atoms with Gasteiger partial charge in [-0.05, 0) is 16.7 Å². The predicted octanol–water partition coefficient (Wildman–Crippen LogP) is 3.43. The number of aliphatic hydroxyl groups excluding tert-OH is 1. The van der Waals surface area contributed by atoms with Crippen molar-refractivity contribution in [1.82, 2.24) is 15.2 Å². The Hall–Kier alpha value is -4.98. The summed E-state index contributed by atoms with van der Waals surface area (Å²) in [6.07, 6.45) is -1.37. The molecule has 3 aliphatic heterocycles. The van der Waals surface area contributed by atoms with Gasteiger partial charge in [-0.1, -0.05) is 96.2 Å². The highest BCUT2D eigenvalue weighted by atomic mass is 32.2. The molecule has 0 saturated carbocycles. The van der Waals surface area contributed by atoms with Crippen LogP contribution >= 0.6 is 23.1 Å². The zero-order valence-corrected chi connectivity index (χ0v) is 26.0. The van der Waals surface area contributed by atoms with E-state index in [-0.39, 0.29) is 22.9 Å². The van der Waals surface area contributed by atoms with Crippen LogP contribution in [0.2, 0.25) is 0 Å². The van der Waals surface area contributed by atoms with Crippen LogP contribution in [-0.2, 0) is 29.5 Å². The minimum absolute atomic E-state index is 0.0477. The molecule has 3 N–H and O–H groups in total. The number of thioether (sulfide) groups is 1. The summed E-state index contributed by atoms with van der Waals surface area (Å²) in [6, 6.07) is 29.2. The van der Waals surface area contributed by atoms with Crippen LogP contribution in [0.4, 0.5) is 5.13 Å². The molecule has 46 heavy (non-hydrogen) atoms. The molecule has 3 aliphatic rings. The van der Waals surface area contributed by atoms with Crippen LogP contribution in [0.25, 0.3) is 0 Å². The van der Waals surface area contributed by atoms with Crippen LogP contribution in [0, 0.1) is 0 Å². The Morgan fingerprint density at radius 1 is 1.00 bits per heavy atom. The second kappa shape index (κ2) is 12.1. The molecule has 11 nitrogen and oxygen atoms in total. The number of β-lactam (4-membered cyclic amide) rings is 1. The van der Waals surface area contributed by atoms with Gasteiger partial charge >= 0.3 is 5.97 Å². The van der Waals surface area contributed by atoms with Gasteiger partial charge in [0, 0.05) is 16.7 Å². The second-order valence-corrected chi connectivity index (χ2v) is 12.6. The molecule has 3 unspecified atom stereocenters. The van der Waals surface area contributed by atoms with Gasteiger partial charge in [0.15, 0.2) is 10.8 Å². The third-order valence-corrected chi connectivity index (χ3v) is 10.1. The zero-order valence-electron chi connectivity index (χ0n) is 24.3. The number of nitrogens with zero attached hydrogens (tertiary/aromatic N) is 3. The SMILES string of the molecule is CON=C(C(=O)NC1C(=O)N2C3=C(CSC12)C(O)OC3=O)c1csc(NC(c2ccccc2)(c2ccccc2)c2ccccc2)n1. The first-order chi connectivity index (χ1) is 22.4. The van der Waals surface area contributed by atoms with Crippen molar-refractivity contribution in [2.45, 2.75) is 23.2 Å². The molecule has 0 spiro atoms. The molecule has 0 bridgehead atoms. The standard InChI is InChI=1S/C33H27N5O6S2/c1-43-37-24(27(39)35-25-28(40)38-26-22(17-45-29(25)38)30(41)44-31(26)42)23-18-46-32(34-23)36-33(19-11-5-2-6-12-19,20-13-7-3-8-14-20)21-15-9-4-10-16-21/h2-16,18,25,29-30,41H,17H2,1H3,(H,34,36)(H,35,39). The summed E-state index contributed by atoms with van der Waals surface area (Å²) in [6.45, 7) is 0. The number of carbonyl (C=O) groups excluding carboxylic acids is 3.